The molecule has 154 valence electrons. The van der Waals surface area contributed by atoms with Crippen LogP contribution in [0.2, 0.25) is 0 Å². The van der Waals surface area contributed by atoms with Crippen molar-refractivity contribution >= 4 is 37.4 Å². The third-order valence-electron chi connectivity index (χ3n) is 6.21. The second kappa shape index (κ2) is 7.54. The maximum Gasteiger partial charge on any atom is 0.211 e. The summed E-state index contributed by atoms with van der Waals surface area (Å²) >= 11 is 1.84. The lowest BCUT2D eigenvalue weighted by Gasteiger charge is -2.34. The third-order valence-corrected chi connectivity index (χ3v) is 8.66. The fourth-order valence-electron chi connectivity index (χ4n) is 4.20. The van der Waals surface area contributed by atoms with Gasteiger partial charge < -0.3 is 4.90 Å². The van der Waals surface area contributed by atoms with E-state index in [4.69, 9.17) is 9.97 Å². The first-order valence-corrected chi connectivity index (χ1v) is 13.0. The number of nitrogens with zero attached hydrogens (tertiary/aromatic N) is 4. The van der Waals surface area contributed by atoms with Crippen molar-refractivity contribution in [2.75, 3.05) is 37.3 Å². The quantitative estimate of drug-likeness (QED) is 0.755. The van der Waals surface area contributed by atoms with Gasteiger partial charge in [-0.2, -0.15) is 4.31 Å². The van der Waals surface area contributed by atoms with Crippen LogP contribution in [0.4, 0.5) is 5.82 Å². The van der Waals surface area contributed by atoms with Crippen LogP contribution in [0.25, 0.3) is 10.2 Å². The van der Waals surface area contributed by atoms with Crippen molar-refractivity contribution in [3.8, 4) is 0 Å². The zero-order valence-electron chi connectivity index (χ0n) is 17.2. The second-order valence-corrected chi connectivity index (χ2v) is 11.5. The van der Waals surface area contributed by atoms with Gasteiger partial charge in [-0.25, -0.2) is 18.4 Å². The van der Waals surface area contributed by atoms with Crippen LogP contribution < -0.4 is 4.90 Å². The number of rotatable bonds is 4. The SMILES string of the molecule is CCC(C)c1nc(N2CCN(S(C)(=O)=O)CC2)c2c3c(sc2n1)CC(C)CC3. The maximum absolute atomic E-state index is 11.9. The Morgan fingerprint density at radius 1 is 1.21 bits per heavy atom. The van der Waals surface area contributed by atoms with Gasteiger partial charge in [0.25, 0.3) is 0 Å². The Kier molecular flexibility index (Phi) is 5.39. The molecule has 0 amide bonds. The van der Waals surface area contributed by atoms with Gasteiger partial charge >= 0.3 is 0 Å². The standard InChI is InChI=1S/C20H30N4O2S2/c1-5-14(3)18-21-19(23-8-10-24(11-9-23)28(4,25)26)17-15-7-6-13(2)12-16(15)27-20(17)22-18/h13-14H,5-12H2,1-4H3. The molecule has 4 rings (SSSR count). The highest BCUT2D eigenvalue weighted by atomic mass is 32.2. The average Bonchev–Trinajstić information content (AvgIpc) is 3.03. The van der Waals surface area contributed by atoms with E-state index < -0.39 is 10.0 Å². The molecule has 2 aromatic rings. The summed E-state index contributed by atoms with van der Waals surface area (Å²) < 4.78 is 25.3. The predicted molar refractivity (Wildman–Crippen MR) is 116 cm³/mol. The maximum atomic E-state index is 11.9. The van der Waals surface area contributed by atoms with E-state index in [1.165, 1.54) is 28.5 Å². The molecule has 0 N–H and O–H groups in total. The van der Waals surface area contributed by atoms with Gasteiger partial charge in [-0.05, 0) is 37.2 Å². The molecule has 2 unspecified atom stereocenters. The Labute approximate surface area is 172 Å². The molecule has 0 radical (unpaired) electrons. The number of hydrogen-bond donors (Lipinski definition) is 0. The van der Waals surface area contributed by atoms with Gasteiger partial charge in [0.1, 0.15) is 16.5 Å². The van der Waals surface area contributed by atoms with E-state index in [2.05, 4.69) is 25.7 Å². The molecule has 3 heterocycles. The molecule has 2 aromatic heterocycles. The zero-order chi connectivity index (χ0) is 20.1. The third kappa shape index (κ3) is 3.66. The van der Waals surface area contributed by atoms with E-state index in [0.29, 0.717) is 32.1 Å². The van der Waals surface area contributed by atoms with Crippen LogP contribution in [-0.2, 0) is 22.9 Å². The first-order chi connectivity index (χ1) is 13.3. The number of aryl methyl sites for hydroxylation is 1. The summed E-state index contributed by atoms with van der Waals surface area (Å²) in [6, 6.07) is 0. The normalized spacial score (nSPS) is 22.4. The molecular weight excluding hydrogens is 392 g/mol. The molecule has 0 saturated carbocycles. The summed E-state index contributed by atoms with van der Waals surface area (Å²) in [7, 11) is -3.13. The monoisotopic (exact) mass is 422 g/mol. The Balaban J connectivity index is 1.77. The van der Waals surface area contributed by atoms with Crippen molar-refractivity contribution < 1.29 is 8.42 Å². The highest BCUT2D eigenvalue weighted by Crippen LogP contribution is 2.41. The Hall–Kier alpha value is -1.25. The van der Waals surface area contributed by atoms with Crippen LogP contribution in [-0.4, -0.2) is 55.1 Å². The molecular formula is C20H30N4O2S2. The van der Waals surface area contributed by atoms with Crippen molar-refractivity contribution in [3.05, 3.63) is 16.3 Å². The van der Waals surface area contributed by atoms with Crippen LogP contribution in [0.5, 0.6) is 0 Å². The summed E-state index contributed by atoms with van der Waals surface area (Å²) in [4.78, 5) is 14.9. The largest absolute Gasteiger partial charge is 0.353 e. The van der Waals surface area contributed by atoms with Gasteiger partial charge in [0, 0.05) is 37.0 Å². The minimum Gasteiger partial charge on any atom is -0.353 e. The summed E-state index contributed by atoms with van der Waals surface area (Å²) in [5.41, 5.74) is 1.44. The fraction of sp³-hybridized carbons (Fsp3) is 0.700. The average molecular weight is 423 g/mol. The molecule has 1 aliphatic heterocycles. The molecule has 1 aliphatic carbocycles. The Bertz CT molecular complexity index is 978. The number of hydrogen-bond acceptors (Lipinski definition) is 6. The van der Waals surface area contributed by atoms with Crippen LogP contribution >= 0.6 is 11.3 Å². The molecule has 0 bridgehead atoms. The van der Waals surface area contributed by atoms with E-state index in [1.54, 1.807) is 4.31 Å². The minimum atomic E-state index is -3.13. The molecule has 2 aliphatic rings. The Morgan fingerprint density at radius 3 is 2.57 bits per heavy atom. The summed E-state index contributed by atoms with van der Waals surface area (Å²) in [5, 5.41) is 1.23. The van der Waals surface area contributed by atoms with E-state index in [9.17, 15) is 8.42 Å². The summed E-state index contributed by atoms with van der Waals surface area (Å²) in [5.74, 6) is 2.99. The van der Waals surface area contributed by atoms with Crippen molar-refractivity contribution in [1.29, 1.82) is 0 Å². The summed E-state index contributed by atoms with van der Waals surface area (Å²) in [6.45, 7) is 9.08. The first-order valence-electron chi connectivity index (χ1n) is 10.3. The van der Waals surface area contributed by atoms with Crippen molar-refractivity contribution in [3.63, 3.8) is 0 Å². The van der Waals surface area contributed by atoms with E-state index >= 15 is 0 Å². The molecule has 0 spiro atoms. The van der Waals surface area contributed by atoms with E-state index in [-0.39, 0.29) is 0 Å². The molecule has 1 fully saturated rings. The molecule has 28 heavy (non-hydrogen) atoms. The van der Waals surface area contributed by atoms with Crippen molar-refractivity contribution in [1.82, 2.24) is 14.3 Å². The highest BCUT2D eigenvalue weighted by Gasteiger charge is 2.29. The smallest absolute Gasteiger partial charge is 0.211 e. The van der Waals surface area contributed by atoms with E-state index in [0.717, 1.165) is 41.7 Å². The van der Waals surface area contributed by atoms with Gasteiger partial charge in [-0.3, -0.25) is 0 Å². The van der Waals surface area contributed by atoms with Crippen LogP contribution in [0.3, 0.4) is 0 Å². The van der Waals surface area contributed by atoms with E-state index in [1.807, 2.05) is 11.3 Å². The highest BCUT2D eigenvalue weighted by molar-refractivity contribution is 7.88. The van der Waals surface area contributed by atoms with Gasteiger partial charge in [0.15, 0.2) is 0 Å². The van der Waals surface area contributed by atoms with Gasteiger partial charge in [0.05, 0.1) is 11.6 Å². The Morgan fingerprint density at radius 2 is 1.93 bits per heavy atom. The van der Waals surface area contributed by atoms with Crippen LogP contribution in [0, 0.1) is 5.92 Å². The van der Waals surface area contributed by atoms with Crippen LogP contribution in [0.1, 0.15) is 55.8 Å². The van der Waals surface area contributed by atoms with Crippen molar-refractivity contribution in [2.24, 2.45) is 5.92 Å². The second-order valence-electron chi connectivity index (χ2n) is 8.40. The topological polar surface area (TPSA) is 66.4 Å². The fourth-order valence-corrected chi connectivity index (χ4v) is 6.41. The minimum absolute atomic E-state index is 0.318. The number of anilines is 1. The van der Waals surface area contributed by atoms with Crippen molar-refractivity contribution in [2.45, 2.75) is 52.4 Å². The predicted octanol–water partition coefficient (Wildman–Crippen LogP) is 3.41. The molecule has 0 aromatic carbocycles. The first kappa shape index (κ1) is 20.0. The van der Waals surface area contributed by atoms with Gasteiger partial charge in [-0.1, -0.05) is 20.8 Å². The number of aromatic nitrogens is 2. The number of fused-ring (bicyclic) bond motifs is 3. The van der Waals surface area contributed by atoms with Crippen LogP contribution in [0.15, 0.2) is 0 Å². The van der Waals surface area contributed by atoms with Gasteiger partial charge in [-0.15, -0.1) is 11.3 Å². The number of sulfonamides is 1. The van der Waals surface area contributed by atoms with Gasteiger partial charge in [0.2, 0.25) is 10.0 Å². The zero-order valence-corrected chi connectivity index (χ0v) is 18.9. The lowest BCUT2D eigenvalue weighted by atomic mass is 9.89. The lowest BCUT2D eigenvalue weighted by molar-refractivity contribution is 0.387. The molecule has 2 atom stereocenters. The number of piperazine rings is 1. The molecule has 8 heteroatoms. The number of thiophene rings is 1. The lowest BCUT2D eigenvalue weighted by Crippen LogP contribution is -2.48. The molecule has 1 saturated heterocycles. The molecule has 6 nitrogen and oxygen atoms in total. The summed E-state index contributed by atoms with van der Waals surface area (Å²) in [6.07, 6.45) is 5.75.